The van der Waals surface area contributed by atoms with Crippen LogP contribution in [0.15, 0.2) is 170 Å². The predicted molar refractivity (Wildman–Crippen MR) is 211 cm³/mol. The number of hydrogen-bond acceptors (Lipinski definition) is 4. The maximum absolute atomic E-state index is 13.6. The molecule has 4 nitrogen and oxygen atoms in total. The zero-order chi connectivity index (χ0) is 36.1. The molecule has 1 aliphatic carbocycles. The number of fused-ring (bicyclic) bond motifs is 5. The number of rotatable bonds is 6. The van der Waals surface area contributed by atoms with Gasteiger partial charge in [-0.3, -0.25) is 0 Å². The molecule has 0 aromatic heterocycles. The fourth-order valence-electron chi connectivity index (χ4n) is 8.13. The highest BCUT2D eigenvalue weighted by Gasteiger charge is 2.46. The van der Waals surface area contributed by atoms with Crippen LogP contribution in [0.25, 0.3) is 32.7 Å². The van der Waals surface area contributed by atoms with Crippen molar-refractivity contribution in [2.75, 3.05) is 0 Å². The van der Waals surface area contributed by atoms with E-state index in [9.17, 15) is 9.59 Å². The third-order valence-electron chi connectivity index (χ3n) is 10.6. The third-order valence-corrected chi connectivity index (χ3v) is 10.6. The van der Waals surface area contributed by atoms with Gasteiger partial charge >= 0.3 is 11.9 Å². The van der Waals surface area contributed by atoms with Crippen molar-refractivity contribution in [3.8, 4) is 22.6 Å². The number of aryl methyl sites for hydroxylation is 2. The average Bonchev–Trinajstić information content (AvgIpc) is 3.50. The number of carbonyl (C=O) groups is 2. The standard InChI is InChI=1S/C49H34O4/c1-31-29-35(25-27-45(31)52-47(50)41-21-11-15-33-13-3-5-17-37(33)41)49(43-23-9-7-19-39(43)40-20-8-10-24-44(40)49)36-26-28-46(32(2)30-36)53-48(51)42-22-12-16-34-14-4-6-18-38(34)42/h3-30H,1-2H3. The molecule has 0 unspecified atom stereocenters. The molecule has 0 heterocycles. The minimum atomic E-state index is -0.695. The van der Waals surface area contributed by atoms with Crippen molar-refractivity contribution in [3.63, 3.8) is 0 Å². The molecule has 9 rings (SSSR count). The van der Waals surface area contributed by atoms with Crippen molar-refractivity contribution in [3.05, 3.63) is 214 Å². The molecule has 0 fully saturated rings. The van der Waals surface area contributed by atoms with Crippen LogP contribution < -0.4 is 9.47 Å². The molecule has 1 aliphatic rings. The summed E-state index contributed by atoms with van der Waals surface area (Å²) in [6, 6.07) is 56.3. The summed E-state index contributed by atoms with van der Waals surface area (Å²) >= 11 is 0. The van der Waals surface area contributed by atoms with Gasteiger partial charge in [0.2, 0.25) is 0 Å². The maximum Gasteiger partial charge on any atom is 0.344 e. The Morgan fingerprint density at radius 1 is 0.434 bits per heavy atom. The Kier molecular flexibility index (Phi) is 7.74. The van der Waals surface area contributed by atoms with E-state index >= 15 is 0 Å². The monoisotopic (exact) mass is 686 g/mol. The van der Waals surface area contributed by atoms with Crippen molar-refractivity contribution in [2.24, 2.45) is 0 Å². The summed E-state index contributed by atoms with van der Waals surface area (Å²) in [5.74, 6) is 0.225. The Morgan fingerprint density at radius 2 is 0.830 bits per heavy atom. The first-order valence-corrected chi connectivity index (χ1v) is 17.7. The Labute approximate surface area is 307 Å². The predicted octanol–water partition coefficient (Wildman–Crippen LogP) is 11.4. The fourth-order valence-corrected chi connectivity index (χ4v) is 8.13. The van der Waals surface area contributed by atoms with Gasteiger partial charge in [-0.15, -0.1) is 0 Å². The molecule has 8 aromatic rings. The second-order valence-electron chi connectivity index (χ2n) is 13.6. The number of ether oxygens (including phenoxy) is 2. The van der Waals surface area contributed by atoms with Crippen LogP contribution in [0.1, 0.15) is 54.1 Å². The topological polar surface area (TPSA) is 52.6 Å². The maximum atomic E-state index is 13.6. The average molecular weight is 687 g/mol. The number of hydrogen-bond donors (Lipinski definition) is 0. The number of benzene rings is 8. The molecular formula is C49H34O4. The summed E-state index contributed by atoms with van der Waals surface area (Å²) in [7, 11) is 0. The van der Waals surface area contributed by atoms with Gasteiger partial charge in [-0.2, -0.15) is 0 Å². The quantitative estimate of drug-likeness (QED) is 0.129. The molecule has 53 heavy (non-hydrogen) atoms. The molecule has 0 N–H and O–H groups in total. The molecule has 0 spiro atoms. The Morgan fingerprint density at radius 3 is 1.28 bits per heavy atom. The van der Waals surface area contributed by atoms with Gasteiger partial charge in [-0.05, 0) is 104 Å². The zero-order valence-electron chi connectivity index (χ0n) is 29.3. The Hall–Kier alpha value is -6.78. The van der Waals surface area contributed by atoms with Gasteiger partial charge in [0.1, 0.15) is 11.5 Å². The van der Waals surface area contributed by atoms with Crippen LogP contribution >= 0.6 is 0 Å². The van der Waals surface area contributed by atoms with Crippen molar-refractivity contribution < 1.29 is 19.1 Å². The van der Waals surface area contributed by atoms with Gasteiger partial charge in [0.25, 0.3) is 0 Å². The second kappa shape index (κ2) is 12.8. The minimum absolute atomic E-state index is 0.395. The molecule has 0 bridgehead atoms. The Bertz CT molecular complexity index is 2560. The first kappa shape index (κ1) is 32.1. The van der Waals surface area contributed by atoms with Crippen molar-refractivity contribution in [1.82, 2.24) is 0 Å². The zero-order valence-corrected chi connectivity index (χ0v) is 29.3. The number of carbonyl (C=O) groups excluding carboxylic acids is 2. The summed E-state index contributed by atoms with van der Waals surface area (Å²) < 4.78 is 12.2. The summed E-state index contributed by atoms with van der Waals surface area (Å²) in [4.78, 5) is 27.2. The van der Waals surface area contributed by atoms with Gasteiger partial charge in [-0.25, -0.2) is 9.59 Å². The second-order valence-corrected chi connectivity index (χ2v) is 13.6. The van der Waals surface area contributed by atoms with Crippen LogP contribution in [-0.4, -0.2) is 11.9 Å². The van der Waals surface area contributed by atoms with E-state index in [4.69, 9.17) is 9.47 Å². The lowest BCUT2D eigenvalue weighted by molar-refractivity contribution is 0.0726. The van der Waals surface area contributed by atoms with Gasteiger partial charge in [0.05, 0.1) is 16.5 Å². The highest BCUT2D eigenvalue weighted by atomic mass is 16.5. The van der Waals surface area contributed by atoms with Gasteiger partial charge < -0.3 is 9.47 Å². The molecule has 0 radical (unpaired) electrons. The van der Waals surface area contributed by atoms with Crippen LogP contribution in [-0.2, 0) is 5.41 Å². The van der Waals surface area contributed by atoms with Crippen LogP contribution in [0.5, 0.6) is 11.5 Å². The minimum Gasteiger partial charge on any atom is -0.423 e. The summed E-state index contributed by atoms with van der Waals surface area (Å²) in [5, 5.41) is 3.68. The van der Waals surface area contributed by atoms with E-state index in [2.05, 4.69) is 72.8 Å². The van der Waals surface area contributed by atoms with E-state index in [0.29, 0.717) is 22.6 Å². The van der Waals surface area contributed by atoms with E-state index in [0.717, 1.165) is 66.1 Å². The molecule has 254 valence electrons. The van der Waals surface area contributed by atoms with Crippen molar-refractivity contribution in [2.45, 2.75) is 19.3 Å². The molecule has 0 amide bonds. The van der Waals surface area contributed by atoms with E-state index < -0.39 is 17.4 Å². The molecule has 0 saturated carbocycles. The van der Waals surface area contributed by atoms with Crippen LogP contribution in [0.3, 0.4) is 0 Å². The Balaban J connectivity index is 1.13. The van der Waals surface area contributed by atoms with Crippen LogP contribution in [0, 0.1) is 13.8 Å². The summed E-state index contributed by atoms with van der Waals surface area (Å²) in [6.07, 6.45) is 0. The SMILES string of the molecule is Cc1cc(C2(c3ccc(OC(=O)c4cccc5ccccc45)c(C)c3)c3ccccc3-c3ccccc32)ccc1OC(=O)c1cccc2ccccc12. The molecule has 0 atom stereocenters. The lowest BCUT2D eigenvalue weighted by Gasteiger charge is -2.34. The van der Waals surface area contributed by atoms with E-state index in [1.165, 1.54) is 0 Å². The number of esters is 2. The van der Waals surface area contributed by atoms with E-state index in [1.54, 1.807) is 12.1 Å². The fraction of sp³-hybridized carbons (Fsp3) is 0.0612. The van der Waals surface area contributed by atoms with Crippen LogP contribution in [0.4, 0.5) is 0 Å². The lowest BCUT2D eigenvalue weighted by atomic mass is 9.67. The van der Waals surface area contributed by atoms with Crippen molar-refractivity contribution >= 4 is 33.5 Å². The molecule has 0 aliphatic heterocycles. The van der Waals surface area contributed by atoms with Gasteiger partial charge in [0.15, 0.2) is 0 Å². The molecule has 4 heteroatoms. The third kappa shape index (κ3) is 5.22. The summed E-state index contributed by atoms with van der Waals surface area (Å²) in [6.45, 7) is 3.97. The highest BCUT2D eigenvalue weighted by molar-refractivity contribution is 6.06. The van der Waals surface area contributed by atoms with Crippen molar-refractivity contribution in [1.29, 1.82) is 0 Å². The van der Waals surface area contributed by atoms with E-state index in [-0.39, 0.29) is 0 Å². The molecule has 0 saturated heterocycles. The van der Waals surface area contributed by atoms with E-state index in [1.807, 2.05) is 98.8 Å². The van der Waals surface area contributed by atoms with Crippen LogP contribution in [0.2, 0.25) is 0 Å². The summed E-state index contributed by atoms with van der Waals surface area (Å²) in [5.41, 5.74) is 8.75. The first-order chi connectivity index (χ1) is 25.9. The largest absolute Gasteiger partial charge is 0.423 e. The highest BCUT2D eigenvalue weighted by Crippen LogP contribution is 2.56. The first-order valence-electron chi connectivity index (χ1n) is 17.7. The normalized spacial score (nSPS) is 12.6. The molecular weight excluding hydrogens is 653 g/mol. The lowest BCUT2D eigenvalue weighted by Crippen LogP contribution is -2.29. The smallest absolute Gasteiger partial charge is 0.344 e. The van der Waals surface area contributed by atoms with Gasteiger partial charge in [0, 0.05) is 0 Å². The molecule has 8 aromatic carbocycles. The van der Waals surface area contributed by atoms with Gasteiger partial charge in [-0.1, -0.05) is 146 Å².